The summed E-state index contributed by atoms with van der Waals surface area (Å²) in [7, 11) is -3.36. The van der Waals surface area contributed by atoms with Crippen molar-refractivity contribution in [3.8, 4) is 0 Å². The molecule has 18 heavy (non-hydrogen) atoms. The molecule has 6 heteroatoms. The Balaban J connectivity index is 1.95. The van der Waals surface area contributed by atoms with Gasteiger partial charge in [0.15, 0.2) is 9.84 Å². The zero-order valence-electron chi connectivity index (χ0n) is 10.8. The Labute approximate surface area is 108 Å². The van der Waals surface area contributed by atoms with E-state index in [0.717, 1.165) is 19.3 Å². The van der Waals surface area contributed by atoms with E-state index in [9.17, 15) is 13.2 Å². The topological polar surface area (TPSA) is 63.7 Å². The lowest BCUT2D eigenvalue weighted by Crippen LogP contribution is -2.41. The van der Waals surface area contributed by atoms with Crippen LogP contribution >= 0.6 is 0 Å². The fourth-order valence-corrected chi connectivity index (χ4v) is 3.97. The summed E-state index contributed by atoms with van der Waals surface area (Å²) in [5.41, 5.74) is 0. The smallest absolute Gasteiger partial charge is 0.238 e. The first-order valence-electron chi connectivity index (χ1n) is 6.63. The summed E-state index contributed by atoms with van der Waals surface area (Å²) in [6.45, 7) is 3.36. The molecule has 1 aliphatic heterocycles. The van der Waals surface area contributed by atoms with Gasteiger partial charge >= 0.3 is 0 Å². The zero-order chi connectivity index (χ0) is 13.2. The fraction of sp³-hybridized carbons (Fsp3) is 0.917. The summed E-state index contributed by atoms with van der Waals surface area (Å²) in [4.78, 5) is 13.7. The molecule has 2 fully saturated rings. The van der Waals surface area contributed by atoms with Crippen LogP contribution in [0.4, 0.5) is 0 Å². The molecule has 0 N–H and O–H groups in total. The maximum absolute atomic E-state index is 12.1. The van der Waals surface area contributed by atoms with Crippen LogP contribution in [-0.4, -0.2) is 56.0 Å². The molecule has 0 spiro atoms. The largest absolute Gasteiger partial charge is 0.380 e. The molecular formula is C12H21NO4S. The van der Waals surface area contributed by atoms with Crippen LogP contribution < -0.4 is 0 Å². The molecule has 1 saturated carbocycles. The molecule has 1 aliphatic carbocycles. The molecule has 0 unspecified atom stereocenters. The highest BCUT2D eigenvalue weighted by Crippen LogP contribution is 2.27. The molecule has 1 saturated heterocycles. The van der Waals surface area contributed by atoms with Gasteiger partial charge < -0.3 is 9.64 Å². The van der Waals surface area contributed by atoms with Gasteiger partial charge in [-0.1, -0.05) is 0 Å². The van der Waals surface area contributed by atoms with Gasteiger partial charge in [0, 0.05) is 19.2 Å². The first-order valence-corrected chi connectivity index (χ1v) is 8.35. The molecule has 1 heterocycles. The van der Waals surface area contributed by atoms with Crippen LogP contribution in [0.25, 0.3) is 0 Å². The molecule has 1 atom stereocenters. The van der Waals surface area contributed by atoms with Gasteiger partial charge in [0.05, 0.1) is 11.9 Å². The predicted molar refractivity (Wildman–Crippen MR) is 68.0 cm³/mol. The Bertz CT molecular complexity index is 396. The second-order valence-corrected chi connectivity index (χ2v) is 7.34. The lowest BCUT2D eigenvalue weighted by Gasteiger charge is -2.24. The van der Waals surface area contributed by atoms with E-state index in [-0.39, 0.29) is 24.3 Å². The number of rotatable bonds is 5. The van der Waals surface area contributed by atoms with E-state index in [1.165, 1.54) is 0 Å². The predicted octanol–water partition coefficient (Wildman–Crippen LogP) is 0.591. The Morgan fingerprint density at radius 2 is 2.06 bits per heavy atom. The van der Waals surface area contributed by atoms with Crippen molar-refractivity contribution >= 4 is 15.7 Å². The maximum atomic E-state index is 12.1. The second-order valence-electron chi connectivity index (χ2n) is 5.06. The fourth-order valence-electron chi connectivity index (χ4n) is 2.39. The number of hydrogen-bond donors (Lipinski definition) is 0. The second kappa shape index (κ2) is 5.57. The van der Waals surface area contributed by atoms with Crippen LogP contribution in [0.2, 0.25) is 0 Å². The summed E-state index contributed by atoms with van der Waals surface area (Å²) < 4.78 is 29.5. The molecule has 5 nitrogen and oxygen atoms in total. The van der Waals surface area contributed by atoms with Gasteiger partial charge in [0.25, 0.3) is 0 Å². The zero-order valence-corrected chi connectivity index (χ0v) is 11.6. The van der Waals surface area contributed by atoms with Crippen molar-refractivity contribution in [2.24, 2.45) is 0 Å². The van der Waals surface area contributed by atoms with Crippen LogP contribution in [0.1, 0.15) is 32.6 Å². The normalized spacial score (nSPS) is 24.8. The molecule has 1 amide bonds. The van der Waals surface area contributed by atoms with E-state index in [0.29, 0.717) is 19.6 Å². The standard InChI is InChI=1S/C12H21NO4S/c1-2-13(10-5-6-10)12(14)9-18(15,16)11-4-3-7-17-8-11/h10-11H,2-9H2,1H3/t11-/m0/s1. The SMILES string of the molecule is CCN(C(=O)CS(=O)(=O)[C@H]1CCCOC1)C1CC1. The number of sulfone groups is 1. The van der Waals surface area contributed by atoms with Crippen molar-refractivity contribution in [3.05, 3.63) is 0 Å². The van der Waals surface area contributed by atoms with Crippen LogP contribution in [0.5, 0.6) is 0 Å². The monoisotopic (exact) mass is 275 g/mol. The Kier molecular flexibility index (Phi) is 4.27. The molecule has 0 bridgehead atoms. The molecule has 0 aromatic heterocycles. The average molecular weight is 275 g/mol. The van der Waals surface area contributed by atoms with Crippen LogP contribution in [0.3, 0.4) is 0 Å². The molecule has 0 radical (unpaired) electrons. The minimum absolute atomic E-state index is 0.241. The first kappa shape index (κ1) is 13.8. The third-order valence-corrected chi connectivity index (χ3v) is 5.64. The maximum Gasteiger partial charge on any atom is 0.238 e. The number of amides is 1. The first-order chi connectivity index (χ1) is 8.54. The summed E-state index contributed by atoms with van der Waals surface area (Å²) in [5.74, 6) is -0.601. The van der Waals surface area contributed by atoms with Crippen molar-refractivity contribution in [1.82, 2.24) is 4.90 Å². The third kappa shape index (κ3) is 3.23. The van der Waals surface area contributed by atoms with Crippen LogP contribution in [0.15, 0.2) is 0 Å². The highest BCUT2D eigenvalue weighted by molar-refractivity contribution is 7.92. The minimum atomic E-state index is -3.36. The number of carbonyl (C=O) groups excluding carboxylic acids is 1. The lowest BCUT2D eigenvalue weighted by molar-refractivity contribution is -0.128. The minimum Gasteiger partial charge on any atom is -0.380 e. The Morgan fingerprint density at radius 3 is 2.56 bits per heavy atom. The van der Waals surface area contributed by atoms with Gasteiger partial charge in [-0.15, -0.1) is 0 Å². The van der Waals surface area contributed by atoms with Crippen molar-refractivity contribution in [1.29, 1.82) is 0 Å². The van der Waals surface area contributed by atoms with Crippen molar-refractivity contribution in [3.63, 3.8) is 0 Å². The van der Waals surface area contributed by atoms with E-state index >= 15 is 0 Å². The molecular weight excluding hydrogens is 254 g/mol. The van der Waals surface area contributed by atoms with E-state index < -0.39 is 15.1 Å². The molecule has 2 rings (SSSR count). The Morgan fingerprint density at radius 1 is 1.33 bits per heavy atom. The van der Waals surface area contributed by atoms with Gasteiger partial charge in [0.1, 0.15) is 5.75 Å². The van der Waals surface area contributed by atoms with Gasteiger partial charge in [-0.05, 0) is 32.6 Å². The van der Waals surface area contributed by atoms with E-state index in [4.69, 9.17) is 4.74 Å². The number of hydrogen-bond acceptors (Lipinski definition) is 4. The summed E-state index contributed by atoms with van der Waals surface area (Å²) >= 11 is 0. The number of ether oxygens (including phenoxy) is 1. The molecule has 0 aromatic rings. The molecule has 2 aliphatic rings. The van der Waals surface area contributed by atoms with Crippen LogP contribution in [0, 0.1) is 0 Å². The number of carbonyl (C=O) groups is 1. The van der Waals surface area contributed by atoms with Gasteiger partial charge in [-0.25, -0.2) is 8.42 Å². The van der Waals surface area contributed by atoms with E-state index in [1.54, 1.807) is 4.90 Å². The van der Waals surface area contributed by atoms with Gasteiger partial charge in [0.2, 0.25) is 5.91 Å². The quantitative estimate of drug-likeness (QED) is 0.736. The van der Waals surface area contributed by atoms with E-state index in [1.807, 2.05) is 6.92 Å². The summed E-state index contributed by atoms with van der Waals surface area (Å²) in [6, 6.07) is 0.278. The van der Waals surface area contributed by atoms with E-state index in [2.05, 4.69) is 0 Å². The lowest BCUT2D eigenvalue weighted by atomic mass is 10.2. The average Bonchev–Trinajstić information content (AvgIpc) is 3.15. The third-order valence-electron chi connectivity index (χ3n) is 3.60. The highest BCUT2D eigenvalue weighted by atomic mass is 32.2. The van der Waals surface area contributed by atoms with Crippen molar-refractivity contribution < 1.29 is 17.9 Å². The molecule has 104 valence electrons. The van der Waals surface area contributed by atoms with Crippen molar-refractivity contribution in [2.45, 2.75) is 43.9 Å². The summed E-state index contributed by atoms with van der Waals surface area (Å²) in [6.07, 6.45) is 3.39. The Hall–Kier alpha value is -0.620. The molecule has 0 aromatic carbocycles. The highest BCUT2D eigenvalue weighted by Gasteiger charge is 2.36. The van der Waals surface area contributed by atoms with Crippen molar-refractivity contribution in [2.75, 3.05) is 25.5 Å². The summed E-state index contributed by atoms with van der Waals surface area (Å²) in [5, 5.41) is -0.492. The van der Waals surface area contributed by atoms with Gasteiger partial charge in [-0.3, -0.25) is 4.79 Å². The number of nitrogens with zero attached hydrogens (tertiary/aromatic N) is 1. The van der Waals surface area contributed by atoms with Gasteiger partial charge in [-0.2, -0.15) is 0 Å². The van der Waals surface area contributed by atoms with Crippen LogP contribution in [-0.2, 0) is 19.4 Å².